The van der Waals surface area contributed by atoms with Crippen LogP contribution in [0.4, 0.5) is 5.69 Å². The molecule has 0 bridgehead atoms. The van der Waals surface area contributed by atoms with Crippen molar-refractivity contribution >= 4 is 17.5 Å². The molecule has 1 aromatic rings. The van der Waals surface area contributed by atoms with E-state index in [1.165, 1.54) is 4.90 Å². The summed E-state index contributed by atoms with van der Waals surface area (Å²) < 4.78 is 0. The summed E-state index contributed by atoms with van der Waals surface area (Å²) >= 11 is 0. The summed E-state index contributed by atoms with van der Waals surface area (Å²) in [6.07, 6.45) is 0. The van der Waals surface area contributed by atoms with Crippen molar-refractivity contribution in [3.8, 4) is 0 Å². The van der Waals surface area contributed by atoms with E-state index in [0.717, 1.165) is 0 Å². The molecule has 0 atom stereocenters. The van der Waals surface area contributed by atoms with Crippen LogP contribution in [0.1, 0.15) is 30.0 Å². The first kappa shape index (κ1) is 14.0. The van der Waals surface area contributed by atoms with E-state index >= 15 is 0 Å². The van der Waals surface area contributed by atoms with E-state index < -0.39 is 5.91 Å². The number of nitrogens with two attached hydrogens (primary N) is 2. The average Bonchev–Trinajstić information content (AvgIpc) is 2.56. The maximum atomic E-state index is 12.2. The Balaban J connectivity index is 2.94. The summed E-state index contributed by atoms with van der Waals surface area (Å²) in [7, 11) is 0. The van der Waals surface area contributed by atoms with Crippen molar-refractivity contribution in [1.29, 1.82) is 0 Å². The molecule has 7 nitrogen and oxygen atoms in total. The Bertz CT molecular complexity index is 452. The number of hydrogen-bond donors (Lipinski definition) is 3. The number of hydrogen-bond acceptors (Lipinski definition) is 4. The second-order valence-corrected chi connectivity index (χ2v) is 4.66. The maximum absolute atomic E-state index is 12.2. The molecule has 100 valence electrons. The van der Waals surface area contributed by atoms with Crippen LogP contribution in [0.2, 0.25) is 0 Å². The van der Waals surface area contributed by atoms with Crippen LogP contribution in [-0.4, -0.2) is 40.0 Å². The van der Waals surface area contributed by atoms with E-state index in [1.807, 2.05) is 13.8 Å². The summed E-state index contributed by atoms with van der Waals surface area (Å²) in [5, 5.41) is 6.50. The van der Waals surface area contributed by atoms with Gasteiger partial charge in [0.1, 0.15) is 0 Å². The highest BCUT2D eigenvalue weighted by molar-refractivity contribution is 5.99. The lowest BCUT2D eigenvalue weighted by Crippen LogP contribution is -2.41. The lowest BCUT2D eigenvalue weighted by Gasteiger charge is -2.22. The van der Waals surface area contributed by atoms with Crippen molar-refractivity contribution in [3.05, 3.63) is 11.4 Å². The standard InChI is InChI=1S/C11H19N5O2/c1-6(2)4-16(5-8(12)17)11(18)10-9(13)7(3)14-15-10/h6H,4-5,13H2,1-3H3,(H2,12,17)(H,14,15). The highest BCUT2D eigenvalue weighted by Gasteiger charge is 2.23. The third-order valence-corrected chi connectivity index (χ3v) is 2.42. The smallest absolute Gasteiger partial charge is 0.276 e. The van der Waals surface area contributed by atoms with Crippen LogP contribution in [0.5, 0.6) is 0 Å². The number of primary amides is 1. The number of aryl methyl sites for hydroxylation is 1. The lowest BCUT2D eigenvalue weighted by molar-refractivity contribution is -0.118. The van der Waals surface area contributed by atoms with Gasteiger partial charge in [-0.25, -0.2) is 0 Å². The Kier molecular flexibility index (Phi) is 4.30. The van der Waals surface area contributed by atoms with E-state index in [4.69, 9.17) is 11.5 Å². The zero-order chi connectivity index (χ0) is 13.9. The molecule has 7 heteroatoms. The first-order valence-electron chi connectivity index (χ1n) is 5.71. The Labute approximate surface area is 106 Å². The summed E-state index contributed by atoms with van der Waals surface area (Å²) in [4.78, 5) is 24.6. The lowest BCUT2D eigenvalue weighted by atomic mass is 10.2. The Morgan fingerprint density at radius 2 is 2.06 bits per heavy atom. The number of carbonyl (C=O) groups excluding carboxylic acids is 2. The minimum Gasteiger partial charge on any atom is -0.395 e. The molecule has 0 aliphatic carbocycles. The number of amides is 2. The van der Waals surface area contributed by atoms with Gasteiger partial charge in [0.25, 0.3) is 5.91 Å². The quantitative estimate of drug-likeness (QED) is 0.678. The van der Waals surface area contributed by atoms with Gasteiger partial charge in [0.15, 0.2) is 5.69 Å². The zero-order valence-electron chi connectivity index (χ0n) is 10.9. The Morgan fingerprint density at radius 1 is 1.44 bits per heavy atom. The molecule has 0 radical (unpaired) electrons. The number of H-pyrrole nitrogens is 1. The molecular weight excluding hydrogens is 234 g/mol. The van der Waals surface area contributed by atoms with Crippen LogP contribution in [0.25, 0.3) is 0 Å². The van der Waals surface area contributed by atoms with Gasteiger partial charge in [-0.2, -0.15) is 5.10 Å². The first-order valence-corrected chi connectivity index (χ1v) is 5.71. The monoisotopic (exact) mass is 253 g/mol. The maximum Gasteiger partial charge on any atom is 0.276 e. The normalized spacial score (nSPS) is 10.7. The van der Waals surface area contributed by atoms with Gasteiger partial charge in [-0.1, -0.05) is 13.8 Å². The van der Waals surface area contributed by atoms with Crippen LogP contribution < -0.4 is 11.5 Å². The van der Waals surface area contributed by atoms with Crippen LogP contribution >= 0.6 is 0 Å². The molecule has 0 unspecified atom stereocenters. The Hall–Kier alpha value is -2.05. The van der Waals surface area contributed by atoms with Gasteiger partial charge >= 0.3 is 0 Å². The van der Waals surface area contributed by atoms with Crippen molar-refractivity contribution in [2.45, 2.75) is 20.8 Å². The number of nitrogen functional groups attached to an aromatic ring is 1. The van der Waals surface area contributed by atoms with E-state index in [9.17, 15) is 9.59 Å². The van der Waals surface area contributed by atoms with Crippen LogP contribution in [-0.2, 0) is 4.79 Å². The van der Waals surface area contributed by atoms with Crippen molar-refractivity contribution in [2.24, 2.45) is 11.7 Å². The van der Waals surface area contributed by atoms with E-state index in [1.54, 1.807) is 6.92 Å². The number of aromatic nitrogens is 2. The number of aromatic amines is 1. The fourth-order valence-corrected chi connectivity index (χ4v) is 1.60. The summed E-state index contributed by atoms with van der Waals surface area (Å²) in [6.45, 7) is 5.90. The highest BCUT2D eigenvalue weighted by Crippen LogP contribution is 2.15. The first-order chi connectivity index (χ1) is 8.32. The molecule has 0 aromatic carbocycles. The molecule has 5 N–H and O–H groups in total. The summed E-state index contributed by atoms with van der Waals surface area (Å²) in [5.74, 6) is -0.728. The van der Waals surface area contributed by atoms with E-state index in [2.05, 4.69) is 10.2 Å². The average molecular weight is 253 g/mol. The fraction of sp³-hybridized carbons (Fsp3) is 0.545. The molecule has 1 rings (SSSR count). The molecule has 0 aliphatic rings. The summed E-state index contributed by atoms with van der Waals surface area (Å²) in [5.41, 5.74) is 11.9. The predicted octanol–water partition coefficient (Wildman–Crippen LogP) is -0.116. The molecule has 0 aliphatic heterocycles. The minimum atomic E-state index is -0.560. The van der Waals surface area contributed by atoms with Crippen LogP contribution in [0.3, 0.4) is 0 Å². The molecule has 18 heavy (non-hydrogen) atoms. The summed E-state index contributed by atoms with van der Waals surface area (Å²) in [6, 6.07) is 0. The van der Waals surface area contributed by atoms with Gasteiger partial charge in [0, 0.05) is 6.54 Å². The van der Waals surface area contributed by atoms with Crippen molar-refractivity contribution < 1.29 is 9.59 Å². The van der Waals surface area contributed by atoms with Gasteiger partial charge in [0.2, 0.25) is 5.91 Å². The number of anilines is 1. The molecule has 0 saturated heterocycles. The van der Waals surface area contributed by atoms with Crippen molar-refractivity contribution in [1.82, 2.24) is 15.1 Å². The van der Waals surface area contributed by atoms with Crippen molar-refractivity contribution in [3.63, 3.8) is 0 Å². The third kappa shape index (κ3) is 3.22. The minimum absolute atomic E-state index is 0.134. The molecule has 0 spiro atoms. The largest absolute Gasteiger partial charge is 0.395 e. The number of carbonyl (C=O) groups is 2. The van der Waals surface area contributed by atoms with Gasteiger partial charge in [0.05, 0.1) is 17.9 Å². The highest BCUT2D eigenvalue weighted by atomic mass is 16.2. The fourth-order valence-electron chi connectivity index (χ4n) is 1.60. The van der Waals surface area contributed by atoms with Gasteiger partial charge in [-0.05, 0) is 12.8 Å². The third-order valence-electron chi connectivity index (χ3n) is 2.42. The topological polar surface area (TPSA) is 118 Å². The number of rotatable bonds is 5. The van der Waals surface area contributed by atoms with Crippen molar-refractivity contribution in [2.75, 3.05) is 18.8 Å². The molecule has 2 amide bonds. The predicted molar refractivity (Wildman–Crippen MR) is 67.7 cm³/mol. The second kappa shape index (κ2) is 5.52. The van der Waals surface area contributed by atoms with Gasteiger partial charge in [-0.15, -0.1) is 0 Å². The molecule has 1 heterocycles. The molecular formula is C11H19N5O2. The SMILES string of the molecule is Cc1[nH]nc(C(=O)N(CC(N)=O)CC(C)C)c1N. The van der Waals surface area contributed by atoms with E-state index in [0.29, 0.717) is 17.9 Å². The second-order valence-electron chi connectivity index (χ2n) is 4.66. The molecule has 0 saturated carbocycles. The van der Waals surface area contributed by atoms with Gasteiger partial charge < -0.3 is 16.4 Å². The number of nitrogens with one attached hydrogen (secondary N) is 1. The zero-order valence-corrected chi connectivity index (χ0v) is 10.9. The Morgan fingerprint density at radius 3 is 2.44 bits per heavy atom. The van der Waals surface area contributed by atoms with Crippen LogP contribution in [0, 0.1) is 12.8 Å². The molecule has 0 fully saturated rings. The van der Waals surface area contributed by atoms with Crippen LogP contribution in [0.15, 0.2) is 0 Å². The molecule has 1 aromatic heterocycles. The van der Waals surface area contributed by atoms with E-state index in [-0.39, 0.29) is 24.1 Å². The van der Waals surface area contributed by atoms with Gasteiger partial charge in [-0.3, -0.25) is 14.7 Å². The number of nitrogens with zero attached hydrogens (tertiary/aromatic N) is 2.